The number of rotatable bonds is 6. The molecule has 4 rings (SSSR count). The van der Waals surface area contributed by atoms with E-state index in [1.54, 1.807) is 19.1 Å². The average Bonchev–Trinajstić information content (AvgIpc) is 2.88. The highest BCUT2D eigenvalue weighted by Gasteiger charge is 2.46. The molecule has 1 aromatic heterocycles. The van der Waals surface area contributed by atoms with Crippen molar-refractivity contribution in [1.82, 2.24) is 9.88 Å². The minimum absolute atomic E-state index is 0.0274. The number of nitrogens with zero attached hydrogens (tertiary/aromatic N) is 3. The molecular formula is C25H30F4N4O5. The molecule has 0 aliphatic carbocycles. The first-order valence-electron chi connectivity index (χ1n) is 12.2. The van der Waals surface area contributed by atoms with Crippen molar-refractivity contribution < 1.29 is 41.7 Å². The highest BCUT2D eigenvalue weighted by molar-refractivity contribution is 5.91. The SMILES string of the molecule is Cc1cc(F)c(NC(=O)N2CC(C)OC(C(F)(F)F)C2)cc1-c1cc(OCCO)nc(N2CCOCC2)c1. The maximum absolute atomic E-state index is 14.9. The van der Waals surface area contributed by atoms with Gasteiger partial charge in [-0.25, -0.2) is 9.18 Å². The highest BCUT2D eigenvalue weighted by Crippen LogP contribution is 2.34. The number of aliphatic hydroxyl groups excluding tert-OH is 1. The van der Waals surface area contributed by atoms with Crippen molar-refractivity contribution in [1.29, 1.82) is 0 Å². The molecule has 0 bridgehead atoms. The molecule has 2 unspecified atom stereocenters. The number of pyridine rings is 1. The summed E-state index contributed by atoms with van der Waals surface area (Å²) in [5, 5.41) is 11.6. The maximum Gasteiger partial charge on any atom is 0.416 e. The third kappa shape index (κ3) is 6.63. The third-order valence-corrected chi connectivity index (χ3v) is 6.24. The minimum Gasteiger partial charge on any atom is -0.475 e. The van der Waals surface area contributed by atoms with Gasteiger partial charge in [-0.15, -0.1) is 0 Å². The van der Waals surface area contributed by atoms with Crippen molar-refractivity contribution in [2.45, 2.75) is 32.2 Å². The summed E-state index contributed by atoms with van der Waals surface area (Å²) >= 11 is 0. The lowest BCUT2D eigenvalue weighted by Crippen LogP contribution is -2.55. The molecule has 2 fully saturated rings. The van der Waals surface area contributed by atoms with Crippen LogP contribution < -0.4 is 15.0 Å². The summed E-state index contributed by atoms with van der Waals surface area (Å²) in [6.07, 6.45) is -7.60. The molecule has 2 N–H and O–H groups in total. The Balaban J connectivity index is 1.63. The summed E-state index contributed by atoms with van der Waals surface area (Å²) < 4.78 is 70.5. The van der Waals surface area contributed by atoms with Crippen molar-refractivity contribution in [3.8, 4) is 17.0 Å². The Morgan fingerprint density at radius 3 is 2.63 bits per heavy atom. The number of ether oxygens (including phenoxy) is 3. The van der Waals surface area contributed by atoms with Crippen LogP contribution in [-0.4, -0.2) is 92.0 Å². The number of nitrogens with one attached hydrogen (secondary N) is 1. The second-order valence-electron chi connectivity index (χ2n) is 9.18. The molecule has 0 spiro atoms. The second-order valence-corrected chi connectivity index (χ2v) is 9.18. The second kappa shape index (κ2) is 11.7. The van der Waals surface area contributed by atoms with Crippen LogP contribution in [0.2, 0.25) is 0 Å². The van der Waals surface area contributed by atoms with Crippen LogP contribution in [0.15, 0.2) is 24.3 Å². The van der Waals surface area contributed by atoms with Gasteiger partial charge in [-0.3, -0.25) is 0 Å². The van der Waals surface area contributed by atoms with Crippen LogP contribution in [0.5, 0.6) is 5.88 Å². The Bertz CT molecular complexity index is 1140. The van der Waals surface area contributed by atoms with Crippen molar-refractivity contribution >= 4 is 17.5 Å². The Labute approximate surface area is 217 Å². The smallest absolute Gasteiger partial charge is 0.416 e. The van der Waals surface area contributed by atoms with Crippen LogP contribution in [0.3, 0.4) is 0 Å². The number of benzene rings is 1. The van der Waals surface area contributed by atoms with Gasteiger partial charge in [0.1, 0.15) is 18.2 Å². The summed E-state index contributed by atoms with van der Waals surface area (Å²) in [5.74, 6) is 0.133. The lowest BCUT2D eigenvalue weighted by atomic mass is 10.00. The number of aryl methyl sites for hydroxylation is 1. The van der Waals surface area contributed by atoms with E-state index < -0.39 is 36.8 Å². The molecule has 13 heteroatoms. The van der Waals surface area contributed by atoms with Crippen LogP contribution in [0.25, 0.3) is 11.1 Å². The van der Waals surface area contributed by atoms with E-state index in [0.29, 0.717) is 48.8 Å². The van der Waals surface area contributed by atoms with E-state index in [-0.39, 0.29) is 31.3 Å². The average molecular weight is 543 g/mol. The zero-order chi connectivity index (χ0) is 27.4. The first kappa shape index (κ1) is 27.9. The molecule has 38 heavy (non-hydrogen) atoms. The quantitative estimate of drug-likeness (QED) is 0.539. The predicted octanol–water partition coefficient (Wildman–Crippen LogP) is 3.59. The summed E-state index contributed by atoms with van der Waals surface area (Å²) in [6.45, 7) is 4.46. The van der Waals surface area contributed by atoms with Crippen LogP contribution in [0.4, 0.5) is 33.9 Å². The summed E-state index contributed by atoms with van der Waals surface area (Å²) in [4.78, 5) is 20.4. The fraction of sp³-hybridized carbons (Fsp3) is 0.520. The van der Waals surface area contributed by atoms with Gasteiger partial charge in [0.25, 0.3) is 0 Å². The monoisotopic (exact) mass is 542 g/mol. The minimum atomic E-state index is -4.63. The third-order valence-electron chi connectivity index (χ3n) is 6.24. The van der Waals surface area contributed by atoms with Gasteiger partial charge in [0.2, 0.25) is 5.88 Å². The number of amides is 2. The van der Waals surface area contributed by atoms with Crippen molar-refractivity contribution in [2.75, 3.05) is 62.8 Å². The van der Waals surface area contributed by atoms with Crippen LogP contribution >= 0.6 is 0 Å². The first-order valence-corrected chi connectivity index (χ1v) is 12.2. The van der Waals surface area contributed by atoms with E-state index in [9.17, 15) is 27.5 Å². The van der Waals surface area contributed by atoms with Gasteiger partial charge in [-0.05, 0) is 48.7 Å². The van der Waals surface area contributed by atoms with Crippen molar-refractivity contribution in [3.05, 3.63) is 35.6 Å². The van der Waals surface area contributed by atoms with Gasteiger partial charge >= 0.3 is 12.2 Å². The van der Waals surface area contributed by atoms with Gasteiger partial charge in [0.15, 0.2) is 6.10 Å². The number of aliphatic hydroxyl groups is 1. The predicted molar refractivity (Wildman–Crippen MR) is 131 cm³/mol. The molecule has 0 radical (unpaired) electrons. The van der Waals surface area contributed by atoms with Gasteiger partial charge in [-0.1, -0.05) is 0 Å². The molecule has 208 valence electrons. The number of anilines is 2. The Kier molecular flexibility index (Phi) is 8.58. The molecule has 0 saturated carbocycles. The molecule has 2 saturated heterocycles. The molecular weight excluding hydrogens is 512 g/mol. The lowest BCUT2D eigenvalue weighted by Gasteiger charge is -2.37. The molecule has 1 aromatic carbocycles. The van der Waals surface area contributed by atoms with Crippen LogP contribution in [-0.2, 0) is 9.47 Å². The summed E-state index contributed by atoms with van der Waals surface area (Å²) in [5.41, 5.74) is 1.57. The van der Waals surface area contributed by atoms with Crippen molar-refractivity contribution in [3.63, 3.8) is 0 Å². The van der Waals surface area contributed by atoms with Gasteiger partial charge in [-0.2, -0.15) is 18.2 Å². The fourth-order valence-electron chi connectivity index (χ4n) is 4.40. The molecule has 2 aliphatic heterocycles. The number of halogens is 4. The normalized spacial score (nSPS) is 20.4. The lowest BCUT2D eigenvalue weighted by molar-refractivity contribution is -0.247. The number of urea groups is 1. The van der Waals surface area contributed by atoms with Gasteiger partial charge in [0.05, 0.1) is 38.2 Å². The summed E-state index contributed by atoms with van der Waals surface area (Å²) in [6, 6.07) is 5.26. The molecule has 2 amide bonds. The van der Waals surface area contributed by atoms with E-state index >= 15 is 0 Å². The zero-order valence-electron chi connectivity index (χ0n) is 21.1. The summed E-state index contributed by atoms with van der Waals surface area (Å²) in [7, 11) is 0. The number of aromatic nitrogens is 1. The zero-order valence-corrected chi connectivity index (χ0v) is 21.1. The molecule has 2 aromatic rings. The van der Waals surface area contributed by atoms with E-state index in [0.717, 1.165) is 4.90 Å². The molecule has 3 heterocycles. The highest BCUT2D eigenvalue weighted by atomic mass is 19.4. The Morgan fingerprint density at radius 1 is 1.21 bits per heavy atom. The first-order chi connectivity index (χ1) is 18.0. The topological polar surface area (TPSA) is 96.4 Å². The standard InChI is InChI=1S/C25H30F4N4O5/c1-15-9-19(26)20(30-24(35)33-13-16(2)38-21(14-33)25(27,28)29)12-18(15)17-10-22(32-3-6-36-7-4-32)31-23(11-17)37-8-5-34/h9-12,16,21,34H,3-8,13-14H2,1-2H3,(H,30,35). The number of alkyl halides is 3. The number of hydrogen-bond acceptors (Lipinski definition) is 7. The Morgan fingerprint density at radius 2 is 1.95 bits per heavy atom. The molecule has 9 nitrogen and oxygen atoms in total. The van der Waals surface area contributed by atoms with Gasteiger partial charge in [0, 0.05) is 25.7 Å². The van der Waals surface area contributed by atoms with E-state index in [4.69, 9.17) is 14.2 Å². The number of carbonyl (C=O) groups is 1. The largest absolute Gasteiger partial charge is 0.475 e. The Hall–Kier alpha value is -3.16. The van der Waals surface area contributed by atoms with Crippen molar-refractivity contribution in [2.24, 2.45) is 0 Å². The van der Waals surface area contributed by atoms with E-state index in [1.807, 2.05) is 4.90 Å². The number of hydrogen-bond donors (Lipinski definition) is 2. The van der Waals surface area contributed by atoms with Crippen LogP contribution in [0.1, 0.15) is 12.5 Å². The number of morpholine rings is 2. The molecule has 2 aliphatic rings. The van der Waals surface area contributed by atoms with Gasteiger partial charge < -0.3 is 34.4 Å². The number of carbonyl (C=O) groups excluding carboxylic acids is 1. The maximum atomic E-state index is 14.9. The van der Waals surface area contributed by atoms with E-state index in [2.05, 4.69) is 10.3 Å². The van der Waals surface area contributed by atoms with E-state index in [1.165, 1.54) is 19.1 Å². The fourth-order valence-corrected chi connectivity index (χ4v) is 4.40. The van der Waals surface area contributed by atoms with Crippen LogP contribution in [0, 0.1) is 12.7 Å². The molecule has 2 atom stereocenters.